The lowest BCUT2D eigenvalue weighted by Gasteiger charge is -2.18. The van der Waals surface area contributed by atoms with E-state index in [2.05, 4.69) is 4.98 Å². The van der Waals surface area contributed by atoms with Crippen molar-refractivity contribution in [2.24, 2.45) is 0 Å². The van der Waals surface area contributed by atoms with Gasteiger partial charge in [0.15, 0.2) is 0 Å². The molecule has 0 amide bonds. The number of hydrogen-bond acceptors (Lipinski definition) is 6. The molecule has 31 heavy (non-hydrogen) atoms. The van der Waals surface area contributed by atoms with E-state index in [0.29, 0.717) is 30.2 Å². The average Bonchev–Trinajstić information content (AvgIpc) is 2.79. The van der Waals surface area contributed by atoms with Crippen LogP contribution in [0.25, 0.3) is 0 Å². The number of carbonyl (C=O) groups excluding carboxylic acids is 1. The Morgan fingerprint density at radius 1 is 0.968 bits per heavy atom. The number of carbonyl (C=O) groups is 1. The van der Waals surface area contributed by atoms with Gasteiger partial charge in [-0.15, -0.1) is 0 Å². The highest BCUT2D eigenvalue weighted by atomic mass is 32.2. The van der Waals surface area contributed by atoms with Crippen LogP contribution in [0.15, 0.2) is 78.0 Å². The molecule has 2 aromatic carbocycles. The Labute approximate surface area is 182 Å². The summed E-state index contributed by atoms with van der Waals surface area (Å²) in [6, 6.07) is 16.5. The maximum atomic E-state index is 12.6. The maximum Gasteiger partial charge on any atom is 0.338 e. The third-order valence-corrected chi connectivity index (χ3v) is 6.69. The molecule has 0 saturated carbocycles. The summed E-state index contributed by atoms with van der Waals surface area (Å²) in [6.07, 6.45) is 3.25. The van der Waals surface area contributed by atoms with E-state index in [-0.39, 0.29) is 17.1 Å². The van der Waals surface area contributed by atoms with Crippen molar-refractivity contribution in [3.05, 3.63) is 84.2 Å². The van der Waals surface area contributed by atoms with Crippen LogP contribution in [-0.2, 0) is 21.4 Å². The van der Waals surface area contributed by atoms with E-state index in [1.165, 1.54) is 28.6 Å². The molecule has 3 rings (SSSR count). The Morgan fingerprint density at radius 3 is 2.32 bits per heavy atom. The van der Waals surface area contributed by atoms with Gasteiger partial charge >= 0.3 is 5.97 Å². The van der Waals surface area contributed by atoms with Gasteiger partial charge in [0, 0.05) is 24.8 Å². The number of para-hydroxylation sites is 1. The van der Waals surface area contributed by atoms with Crippen LogP contribution in [0.4, 0.5) is 0 Å². The first-order valence-electron chi connectivity index (χ1n) is 9.88. The molecule has 0 saturated heterocycles. The number of sulfonamides is 1. The van der Waals surface area contributed by atoms with Gasteiger partial charge in [-0.05, 0) is 42.5 Å². The van der Waals surface area contributed by atoms with Gasteiger partial charge in [-0.3, -0.25) is 4.98 Å². The Bertz CT molecular complexity index is 1110. The molecular weight excluding hydrogens is 416 g/mol. The second-order valence-electron chi connectivity index (χ2n) is 6.59. The van der Waals surface area contributed by atoms with E-state index in [9.17, 15) is 13.2 Å². The molecule has 0 fully saturated rings. The Kier molecular flexibility index (Phi) is 7.38. The number of esters is 1. The van der Waals surface area contributed by atoms with Crippen LogP contribution in [0, 0.1) is 0 Å². The van der Waals surface area contributed by atoms with Gasteiger partial charge < -0.3 is 9.47 Å². The molecule has 1 aromatic heterocycles. The van der Waals surface area contributed by atoms with Crippen molar-refractivity contribution in [3.63, 3.8) is 0 Å². The van der Waals surface area contributed by atoms with Crippen molar-refractivity contribution in [2.75, 3.05) is 13.1 Å². The van der Waals surface area contributed by atoms with Crippen molar-refractivity contribution in [3.8, 4) is 11.5 Å². The molecule has 0 N–H and O–H groups in total. The summed E-state index contributed by atoms with van der Waals surface area (Å²) < 4.78 is 37.7. The van der Waals surface area contributed by atoms with E-state index >= 15 is 0 Å². The van der Waals surface area contributed by atoms with Gasteiger partial charge in [-0.2, -0.15) is 4.31 Å². The lowest BCUT2D eigenvalue weighted by atomic mass is 10.2. The zero-order valence-electron chi connectivity index (χ0n) is 17.4. The highest BCUT2D eigenvalue weighted by Gasteiger charge is 2.22. The van der Waals surface area contributed by atoms with Gasteiger partial charge in [-0.25, -0.2) is 13.2 Å². The maximum absolute atomic E-state index is 12.6. The monoisotopic (exact) mass is 440 g/mol. The summed E-state index contributed by atoms with van der Waals surface area (Å²) in [5, 5.41) is 0. The average molecular weight is 441 g/mol. The molecule has 0 atom stereocenters. The number of benzene rings is 2. The Morgan fingerprint density at radius 2 is 1.68 bits per heavy atom. The van der Waals surface area contributed by atoms with Crippen LogP contribution in [0.3, 0.4) is 0 Å². The third kappa shape index (κ3) is 5.48. The second-order valence-corrected chi connectivity index (χ2v) is 8.53. The third-order valence-electron chi connectivity index (χ3n) is 4.63. The highest BCUT2D eigenvalue weighted by molar-refractivity contribution is 7.89. The van der Waals surface area contributed by atoms with Gasteiger partial charge in [-0.1, -0.05) is 32.0 Å². The lowest BCUT2D eigenvalue weighted by molar-refractivity contribution is 0.0470. The predicted octanol–water partition coefficient (Wildman–Crippen LogP) is 4.26. The van der Waals surface area contributed by atoms with E-state index in [1.54, 1.807) is 50.5 Å². The van der Waals surface area contributed by atoms with Crippen molar-refractivity contribution < 1.29 is 22.7 Å². The molecule has 3 aromatic rings. The second kappa shape index (κ2) is 10.2. The van der Waals surface area contributed by atoms with Crippen LogP contribution in [0.1, 0.15) is 29.8 Å². The topological polar surface area (TPSA) is 85.8 Å². The zero-order chi connectivity index (χ0) is 22.3. The van der Waals surface area contributed by atoms with Crippen LogP contribution >= 0.6 is 0 Å². The van der Waals surface area contributed by atoms with Crippen LogP contribution < -0.4 is 4.74 Å². The lowest BCUT2D eigenvalue weighted by Crippen LogP contribution is -2.30. The van der Waals surface area contributed by atoms with Crippen molar-refractivity contribution >= 4 is 16.0 Å². The Balaban J connectivity index is 1.68. The normalized spacial score (nSPS) is 11.3. The number of aromatic nitrogens is 1. The first kappa shape index (κ1) is 22.5. The summed E-state index contributed by atoms with van der Waals surface area (Å²) in [5.41, 5.74) is 0.963. The fraction of sp³-hybridized carbons (Fsp3) is 0.217. The number of rotatable bonds is 9. The summed E-state index contributed by atoms with van der Waals surface area (Å²) in [6.45, 7) is 4.33. The molecular formula is C23H24N2O5S. The number of pyridine rings is 1. The minimum absolute atomic E-state index is 0.00870. The van der Waals surface area contributed by atoms with E-state index in [1.807, 2.05) is 12.1 Å². The molecule has 8 heteroatoms. The summed E-state index contributed by atoms with van der Waals surface area (Å²) in [5.74, 6) is 0.582. The number of ether oxygens (including phenoxy) is 2. The van der Waals surface area contributed by atoms with Crippen molar-refractivity contribution in [1.29, 1.82) is 0 Å². The van der Waals surface area contributed by atoms with Crippen molar-refractivity contribution in [2.45, 2.75) is 25.3 Å². The van der Waals surface area contributed by atoms with Crippen molar-refractivity contribution in [1.82, 2.24) is 9.29 Å². The molecule has 0 unspecified atom stereocenters. The number of hydrogen-bond donors (Lipinski definition) is 0. The van der Waals surface area contributed by atoms with Crippen LogP contribution in [0.2, 0.25) is 0 Å². The minimum atomic E-state index is -3.57. The number of nitrogens with zero attached hydrogens (tertiary/aromatic N) is 2. The van der Waals surface area contributed by atoms with Crippen LogP contribution in [0.5, 0.6) is 11.5 Å². The SMILES string of the molecule is CCN(CC)S(=O)(=O)c1ccc(C(=O)OCc2ccccc2Oc2cccnc2)cc1. The summed E-state index contributed by atoms with van der Waals surface area (Å²) in [4.78, 5) is 16.6. The molecule has 0 aliphatic rings. The smallest absolute Gasteiger partial charge is 0.338 e. The van der Waals surface area contributed by atoms with Gasteiger partial charge in [0.1, 0.15) is 18.1 Å². The fourth-order valence-corrected chi connectivity index (χ4v) is 4.42. The van der Waals surface area contributed by atoms with E-state index < -0.39 is 16.0 Å². The largest absolute Gasteiger partial charge is 0.457 e. The van der Waals surface area contributed by atoms with Gasteiger partial charge in [0.05, 0.1) is 16.7 Å². The first-order valence-corrected chi connectivity index (χ1v) is 11.3. The first-order chi connectivity index (χ1) is 15.0. The quantitative estimate of drug-likeness (QED) is 0.462. The summed E-state index contributed by atoms with van der Waals surface area (Å²) in [7, 11) is -3.57. The van der Waals surface area contributed by atoms with Crippen LogP contribution in [-0.4, -0.2) is 36.8 Å². The Hall–Kier alpha value is -3.23. The molecule has 0 spiro atoms. The minimum Gasteiger partial charge on any atom is -0.457 e. The zero-order valence-corrected chi connectivity index (χ0v) is 18.2. The molecule has 0 aliphatic carbocycles. The molecule has 0 bridgehead atoms. The van der Waals surface area contributed by atoms with Gasteiger partial charge in [0.25, 0.3) is 0 Å². The standard InChI is InChI=1S/C23H24N2O5S/c1-3-25(4-2)31(27,28)21-13-11-18(12-14-21)23(26)29-17-19-8-5-6-10-22(19)30-20-9-7-15-24-16-20/h5-16H,3-4,17H2,1-2H3. The predicted molar refractivity (Wildman–Crippen MR) is 116 cm³/mol. The summed E-state index contributed by atoms with van der Waals surface area (Å²) >= 11 is 0. The fourth-order valence-electron chi connectivity index (χ4n) is 2.96. The highest BCUT2D eigenvalue weighted by Crippen LogP contribution is 2.25. The molecule has 7 nitrogen and oxygen atoms in total. The molecule has 0 aliphatic heterocycles. The molecule has 1 heterocycles. The molecule has 162 valence electrons. The molecule has 0 radical (unpaired) electrons. The van der Waals surface area contributed by atoms with Gasteiger partial charge in [0.2, 0.25) is 10.0 Å². The van der Waals surface area contributed by atoms with E-state index in [0.717, 1.165) is 0 Å². The van der Waals surface area contributed by atoms with E-state index in [4.69, 9.17) is 9.47 Å².